The van der Waals surface area contributed by atoms with E-state index in [-0.39, 0.29) is 0 Å². The Bertz CT molecular complexity index is 1370. The van der Waals surface area contributed by atoms with Crippen LogP contribution in [-0.4, -0.2) is 30.2 Å². The van der Waals surface area contributed by atoms with Gasteiger partial charge in [-0.15, -0.1) is 0 Å². The van der Waals surface area contributed by atoms with E-state index in [1.807, 2.05) is 42.5 Å². The van der Waals surface area contributed by atoms with Gasteiger partial charge in [-0.1, -0.05) is 60.5 Å². The number of hydrogen-bond donors (Lipinski definition) is 2. The van der Waals surface area contributed by atoms with Crippen molar-refractivity contribution >= 4 is 40.5 Å². The van der Waals surface area contributed by atoms with E-state index >= 15 is 0 Å². The maximum Gasteiger partial charge on any atom is 0.154 e. The summed E-state index contributed by atoms with van der Waals surface area (Å²) in [5.74, 6) is 3.61. The molecule has 4 aromatic rings. The first-order valence-electron chi connectivity index (χ1n) is 12.9. The minimum atomic E-state index is 0.614. The minimum absolute atomic E-state index is 0.614. The Balaban J connectivity index is 1.34. The summed E-state index contributed by atoms with van der Waals surface area (Å²) in [7, 11) is 1.68. The molecule has 1 aliphatic carbocycles. The number of nitrogens with two attached hydrogens (primary N) is 1. The smallest absolute Gasteiger partial charge is 0.154 e. The highest BCUT2D eigenvalue weighted by atomic mass is 35.5. The summed E-state index contributed by atoms with van der Waals surface area (Å²) >= 11 is 6.29. The van der Waals surface area contributed by atoms with E-state index in [4.69, 9.17) is 32.0 Å². The van der Waals surface area contributed by atoms with E-state index in [0.717, 1.165) is 52.3 Å². The Morgan fingerprint density at radius 2 is 1.68 bits per heavy atom. The molecule has 1 fully saturated rings. The molecule has 190 valence electrons. The molecule has 0 radical (unpaired) electrons. The average Bonchev–Trinajstić information content (AvgIpc) is 2.95. The summed E-state index contributed by atoms with van der Waals surface area (Å²) in [6, 6.07) is 22.3. The Hall–Kier alpha value is -3.41. The fourth-order valence-corrected chi connectivity index (χ4v) is 5.28. The number of aromatic nitrogens is 2. The summed E-state index contributed by atoms with van der Waals surface area (Å²) in [6.45, 7) is 1.67. The van der Waals surface area contributed by atoms with Gasteiger partial charge in [0.15, 0.2) is 5.82 Å². The predicted octanol–water partition coefficient (Wildman–Crippen LogP) is 7.31. The van der Waals surface area contributed by atoms with Gasteiger partial charge in [-0.05, 0) is 90.7 Å². The van der Waals surface area contributed by atoms with Crippen LogP contribution in [0.3, 0.4) is 0 Å². The van der Waals surface area contributed by atoms with Crippen molar-refractivity contribution in [1.29, 1.82) is 0 Å². The number of nitrogens with zero attached hydrogens (tertiary/aromatic N) is 2. The van der Waals surface area contributed by atoms with Crippen LogP contribution in [0.25, 0.3) is 34.2 Å². The lowest BCUT2D eigenvalue weighted by molar-refractivity contribution is 0.281. The molecule has 1 aliphatic rings. The number of halogens is 1. The molecular weight excluding hydrogens is 480 g/mol. The van der Waals surface area contributed by atoms with Crippen molar-refractivity contribution in [2.75, 3.05) is 25.5 Å². The van der Waals surface area contributed by atoms with Crippen molar-refractivity contribution in [2.24, 2.45) is 17.6 Å². The van der Waals surface area contributed by atoms with Gasteiger partial charge >= 0.3 is 0 Å². The first kappa shape index (κ1) is 25.2. The van der Waals surface area contributed by atoms with Crippen LogP contribution in [0, 0.1) is 11.8 Å². The molecule has 3 N–H and O–H groups in total. The Labute approximate surface area is 223 Å². The van der Waals surface area contributed by atoms with Crippen molar-refractivity contribution in [3.63, 3.8) is 0 Å². The molecule has 5 nitrogen and oxygen atoms in total. The van der Waals surface area contributed by atoms with Crippen LogP contribution in [0.2, 0.25) is 5.02 Å². The van der Waals surface area contributed by atoms with Gasteiger partial charge in [0.25, 0.3) is 0 Å². The average molecular weight is 513 g/mol. The quantitative estimate of drug-likeness (QED) is 0.259. The van der Waals surface area contributed by atoms with Crippen LogP contribution >= 0.6 is 11.6 Å². The third-order valence-corrected chi connectivity index (χ3v) is 7.45. The molecule has 0 aliphatic heterocycles. The Morgan fingerprint density at radius 1 is 0.946 bits per heavy atom. The van der Waals surface area contributed by atoms with E-state index in [1.54, 1.807) is 7.11 Å². The van der Waals surface area contributed by atoms with Gasteiger partial charge in [0.1, 0.15) is 11.6 Å². The number of nitrogens with one attached hydrogen (secondary N) is 1. The van der Waals surface area contributed by atoms with Crippen LogP contribution < -0.4 is 15.8 Å². The van der Waals surface area contributed by atoms with E-state index in [2.05, 4.69) is 41.7 Å². The van der Waals surface area contributed by atoms with Gasteiger partial charge in [0.2, 0.25) is 0 Å². The van der Waals surface area contributed by atoms with Gasteiger partial charge in [0, 0.05) is 17.0 Å². The third-order valence-electron chi connectivity index (χ3n) is 7.22. The van der Waals surface area contributed by atoms with Gasteiger partial charge in [0.05, 0.1) is 12.6 Å². The highest BCUT2D eigenvalue weighted by Gasteiger charge is 2.21. The van der Waals surface area contributed by atoms with Crippen LogP contribution in [0.4, 0.5) is 5.82 Å². The highest BCUT2D eigenvalue weighted by Crippen LogP contribution is 2.30. The van der Waals surface area contributed by atoms with Crippen LogP contribution in [-0.2, 0) is 0 Å². The third kappa shape index (κ3) is 6.30. The van der Waals surface area contributed by atoms with E-state index in [0.29, 0.717) is 22.7 Å². The molecule has 0 saturated heterocycles. The number of methoxy groups -OCH3 is 1. The second-order valence-corrected chi connectivity index (χ2v) is 10.2. The standard InChI is InChI=1S/C31H33ClN4O/c1-37-27-13-10-25(11-14-27)24-8-5-21(6-9-24)7-16-30-35-29-18-26(32)12-15-28(29)31(36-30)34-20-23-4-2-3-22(17-23)19-33/h5-16,18,22-23H,2-4,17,19-20,33H2,1H3,(H,34,35,36). The lowest BCUT2D eigenvalue weighted by Gasteiger charge is -2.28. The number of rotatable bonds is 8. The maximum absolute atomic E-state index is 6.29. The highest BCUT2D eigenvalue weighted by molar-refractivity contribution is 6.31. The number of benzene rings is 3. The number of anilines is 1. The molecule has 3 aromatic carbocycles. The summed E-state index contributed by atoms with van der Waals surface area (Å²) in [5, 5.41) is 5.26. The van der Waals surface area contributed by atoms with Crippen LogP contribution in [0.1, 0.15) is 37.1 Å². The zero-order valence-corrected chi connectivity index (χ0v) is 21.9. The van der Waals surface area contributed by atoms with Crippen molar-refractivity contribution in [1.82, 2.24) is 9.97 Å². The largest absolute Gasteiger partial charge is 0.497 e. The summed E-state index contributed by atoms with van der Waals surface area (Å²) in [5.41, 5.74) is 10.2. The zero-order chi connectivity index (χ0) is 25.6. The van der Waals surface area contributed by atoms with Crippen LogP contribution in [0.5, 0.6) is 5.75 Å². The molecule has 5 rings (SSSR count). The number of hydrogen-bond acceptors (Lipinski definition) is 5. The molecule has 0 amide bonds. The first-order valence-corrected chi connectivity index (χ1v) is 13.3. The van der Waals surface area contributed by atoms with Gasteiger partial charge in [-0.2, -0.15) is 0 Å². The molecule has 1 saturated carbocycles. The summed E-state index contributed by atoms with van der Waals surface area (Å²) < 4.78 is 5.26. The molecule has 6 heteroatoms. The fraction of sp³-hybridized carbons (Fsp3) is 0.290. The van der Waals surface area contributed by atoms with Gasteiger partial charge in [-0.3, -0.25) is 0 Å². The van der Waals surface area contributed by atoms with Crippen molar-refractivity contribution in [3.8, 4) is 16.9 Å². The Morgan fingerprint density at radius 3 is 2.41 bits per heavy atom. The van der Waals surface area contributed by atoms with Crippen LogP contribution in [0.15, 0.2) is 66.7 Å². The minimum Gasteiger partial charge on any atom is -0.497 e. The van der Waals surface area contributed by atoms with Crippen molar-refractivity contribution in [3.05, 3.63) is 83.1 Å². The summed E-state index contributed by atoms with van der Waals surface area (Å²) in [6.07, 6.45) is 8.91. The molecule has 1 heterocycles. The molecule has 0 bridgehead atoms. The normalized spacial score (nSPS) is 17.8. The molecule has 2 unspecified atom stereocenters. The second-order valence-electron chi connectivity index (χ2n) is 9.79. The molecular formula is C31H33ClN4O. The maximum atomic E-state index is 6.29. The molecule has 2 atom stereocenters. The fourth-order valence-electron chi connectivity index (χ4n) is 5.11. The van der Waals surface area contributed by atoms with E-state index < -0.39 is 0 Å². The lowest BCUT2D eigenvalue weighted by atomic mass is 9.81. The van der Waals surface area contributed by atoms with Crippen molar-refractivity contribution in [2.45, 2.75) is 25.7 Å². The number of ether oxygens (including phenoxy) is 1. The monoisotopic (exact) mass is 512 g/mol. The lowest BCUT2D eigenvalue weighted by Crippen LogP contribution is -2.26. The van der Waals surface area contributed by atoms with Crippen molar-refractivity contribution < 1.29 is 4.74 Å². The predicted molar refractivity (Wildman–Crippen MR) is 155 cm³/mol. The Kier molecular flexibility index (Phi) is 8.02. The number of fused-ring (bicyclic) bond motifs is 1. The topological polar surface area (TPSA) is 73.1 Å². The zero-order valence-electron chi connectivity index (χ0n) is 21.2. The van der Waals surface area contributed by atoms with Gasteiger partial charge < -0.3 is 15.8 Å². The second kappa shape index (κ2) is 11.8. The van der Waals surface area contributed by atoms with Gasteiger partial charge in [-0.25, -0.2) is 9.97 Å². The van der Waals surface area contributed by atoms with E-state index in [9.17, 15) is 0 Å². The molecule has 1 aromatic heterocycles. The first-order chi connectivity index (χ1) is 18.1. The SMILES string of the molecule is COc1ccc(-c2ccc(C=Cc3nc(NCC4CCCC(CN)C4)c4ccc(Cl)cc4n3)cc2)cc1. The van der Waals surface area contributed by atoms with E-state index in [1.165, 1.54) is 25.7 Å². The molecule has 0 spiro atoms. The summed E-state index contributed by atoms with van der Waals surface area (Å²) in [4.78, 5) is 9.62. The molecule has 37 heavy (non-hydrogen) atoms.